The Bertz CT molecular complexity index is 1300. The molecule has 1 atom stereocenters. The Balaban J connectivity index is 1.42. The van der Waals surface area contributed by atoms with Crippen molar-refractivity contribution in [1.82, 2.24) is 15.5 Å². The number of carbonyl (C=O) groups excluding carboxylic acids is 1. The molecule has 0 aliphatic rings. The topological polar surface area (TPSA) is 117 Å². The molecule has 0 saturated heterocycles. The number of hydrogen-bond donors (Lipinski definition) is 3. The van der Waals surface area contributed by atoms with Crippen molar-refractivity contribution in [1.29, 1.82) is 0 Å². The lowest BCUT2D eigenvalue weighted by Crippen LogP contribution is -2.26. The van der Waals surface area contributed by atoms with Gasteiger partial charge in [-0.25, -0.2) is 0 Å². The Morgan fingerprint density at radius 3 is 2.25 bits per heavy atom. The number of anilines is 1. The highest BCUT2D eigenvalue weighted by atomic mass is 16.5. The fourth-order valence-electron chi connectivity index (χ4n) is 3.80. The largest absolute Gasteiger partial charge is 0.481 e. The van der Waals surface area contributed by atoms with Crippen molar-refractivity contribution in [3.8, 4) is 22.8 Å². The van der Waals surface area contributed by atoms with Crippen LogP contribution in [0.25, 0.3) is 22.8 Å². The molecule has 0 bridgehead atoms. The number of amides is 1. The van der Waals surface area contributed by atoms with Crippen molar-refractivity contribution < 1.29 is 19.2 Å². The van der Waals surface area contributed by atoms with E-state index in [1.807, 2.05) is 66.7 Å². The second kappa shape index (κ2) is 11.3. The number of carboxylic acid groups (broad SMARTS) is 1. The van der Waals surface area contributed by atoms with Crippen molar-refractivity contribution in [2.24, 2.45) is 5.92 Å². The van der Waals surface area contributed by atoms with Gasteiger partial charge in [-0.3, -0.25) is 9.59 Å². The minimum Gasteiger partial charge on any atom is -0.481 e. The summed E-state index contributed by atoms with van der Waals surface area (Å²) in [6.45, 7) is 4.35. The summed E-state index contributed by atoms with van der Waals surface area (Å²) < 4.78 is 5.42. The van der Waals surface area contributed by atoms with E-state index < -0.39 is 5.97 Å². The molecule has 36 heavy (non-hydrogen) atoms. The van der Waals surface area contributed by atoms with Crippen molar-refractivity contribution in [3.63, 3.8) is 0 Å². The van der Waals surface area contributed by atoms with E-state index in [9.17, 15) is 9.59 Å². The first kappa shape index (κ1) is 24.7. The van der Waals surface area contributed by atoms with E-state index in [0.717, 1.165) is 22.4 Å². The van der Waals surface area contributed by atoms with Crippen LogP contribution in [0.5, 0.6) is 0 Å². The third-order valence-corrected chi connectivity index (χ3v) is 5.74. The molecule has 0 aliphatic carbocycles. The fourth-order valence-corrected chi connectivity index (χ4v) is 3.80. The zero-order chi connectivity index (χ0) is 25.5. The molecule has 3 aromatic carbocycles. The lowest BCUT2D eigenvalue weighted by Gasteiger charge is -2.24. The first-order chi connectivity index (χ1) is 17.4. The molecule has 1 unspecified atom stereocenters. The zero-order valence-corrected chi connectivity index (χ0v) is 20.1. The van der Waals surface area contributed by atoms with E-state index >= 15 is 0 Å². The molecule has 3 N–H and O–H groups in total. The molecule has 0 spiro atoms. The second-order valence-corrected chi connectivity index (χ2v) is 8.75. The van der Waals surface area contributed by atoms with Gasteiger partial charge in [0.15, 0.2) is 0 Å². The third kappa shape index (κ3) is 6.15. The van der Waals surface area contributed by atoms with E-state index in [2.05, 4.69) is 34.6 Å². The van der Waals surface area contributed by atoms with Crippen LogP contribution in [0, 0.1) is 5.92 Å². The van der Waals surface area contributed by atoms with Gasteiger partial charge in [-0.2, -0.15) is 4.98 Å². The minimum atomic E-state index is -0.946. The Kier molecular flexibility index (Phi) is 7.75. The Labute approximate surface area is 209 Å². The van der Waals surface area contributed by atoms with Crippen LogP contribution in [0.1, 0.15) is 42.2 Å². The van der Waals surface area contributed by atoms with Crippen LogP contribution in [0.15, 0.2) is 83.4 Å². The Morgan fingerprint density at radius 1 is 0.917 bits per heavy atom. The molecule has 0 radical (unpaired) electrons. The van der Waals surface area contributed by atoms with Crippen LogP contribution in [-0.4, -0.2) is 33.7 Å². The van der Waals surface area contributed by atoms with Gasteiger partial charge in [0.1, 0.15) is 0 Å². The van der Waals surface area contributed by atoms with Crippen LogP contribution in [0.4, 0.5) is 5.69 Å². The number of nitrogens with one attached hydrogen (secondary N) is 2. The van der Waals surface area contributed by atoms with Gasteiger partial charge < -0.3 is 20.3 Å². The molecular weight excluding hydrogens is 456 g/mol. The first-order valence-electron chi connectivity index (χ1n) is 11.8. The molecule has 4 rings (SSSR count). The van der Waals surface area contributed by atoms with Gasteiger partial charge in [0.05, 0.1) is 12.5 Å². The fraction of sp³-hybridized carbons (Fsp3) is 0.214. The van der Waals surface area contributed by atoms with Crippen molar-refractivity contribution >= 4 is 17.6 Å². The average Bonchev–Trinajstić information content (AvgIpc) is 3.38. The Hall–Kier alpha value is -4.46. The molecule has 1 aromatic heterocycles. The Morgan fingerprint density at radius 2 is 1.61 bits per heavy atom. The van der Waals surface area contributed by atoms with Gasteiger partial charge in [0.25, 0.3) is 11.8 Å². The molecule has 8 nitrogen and oxygen atoms in total. The van der Waals surface area contributed by atoms with Crippen LogP contribution in [0.2, 0.25) is 0 Å². The average molecular weight is 485 g/mol. The number of benzene rings is 3. The molecular formula is C28H28N4O4. The third-order valence-electron chi connectivity index (χ3n) is 5.74. The number of aromatic nitrogens is 2. The molecule has 8 heteroatoms. The van der Waals surface area contributed by atoms with Crippen LogP contribution in [0.3, 0.4) is 0 Å². The summed E-state index contributed by atoms with van der Waals surface area (Å²) in [7, 11) is 0. The first-order valence-corrected chi connectivity index (χ1v) is 11.8. The highest BCUT2D eigenvalue weighted by molar-refractivity contribution is 5.94. The number of nitrogens with zero attached hydrogens (tertiary/aromatic N) is 2. The standard InChI is InChI=1S/C28H28N4O4/c1-18(2)25(19-8-10-21(11-9-19)27(35)29-17-16-24(33)34)30-23-14-12-20(13-15-23)26-31-28(36-32-26)22-6-4-3-5-7-22/h3-15,18,25,30H,16-17H2,1-2H3,(H,29,35)(H,33,34). The normalized spacial score (nSPS) is 11.8. The van der Waals surface area contributed by atoms with Crippen LogP contribution < -0.4 is 10.6 Å². The quantitative estimate of drug-likeness (QED) is 0.275. The summed E-state index contributed by atoms with van der Waals surface area (Å²) in [5.74, 6) is 0.0540. The SMILES string of the molecule is CC(C)C(Nc1ccc(-c2noc(-c3ccccc3)n2)cc1)c1ccc(C(=O)NCCC(=O)O)cc1. The van der Waals surface area contributed by atoms with Gasteiger partial charge in [0.2, 0.25) is 5.82 Å². The van der Waals surface area contributed by atoms with Crippen LogP contribution >= 0.6 is 0 Å². The lowest BCUT2D eigenvalue weighted by molar-refractivity contribution is -0.136. The maximum absolute atomic E-state index is 12.2. The molecule has 1 heterocycles. The van der Waals surface area contributed by atoms with E-state index in [1.165, 1.54) is 0 Å². The summed E-state index contributed by atoms with van der Waals surface area (Å²) in [6.07, 6.45) is -0.108. The smallest absolute Gasteiger partial charge is 0.305 e. The molecule has 4 aromatic rings. The summed E-state index contributed by atoms with van der Waals surface area (Å²) in [5, 5.41) is 19.0. The van der Waals surface area contributed by atoms with Crippen molar-refractivity contribution in [2.45, 2.75) is 26.3 Å². The summed E-state index contributed by atoms with van der Waals surface area (Å²) in [6, 6.07) is 24.9. The number of aliphatic carboxylic acids is 1. The second-order valence-electron chi connectivity index (χ2n) is 8.75. The molecule has 0 fully saturated rings. The van der Waals surface area contributed by atoms with E-state index in [-0.39, 0.29) is 30.8 Å². The number of hydrogen-bond acceptors (Lipinski definition) is 6. The van der Waals surface area contributed by atoms with E-state index in [1.54, 1.807) is 12.1 Å². The molecule has 0 saturated carbocycles. The lowest BCUT2D eigenvalue weighted by atomic mass is 9.94. The van der Waals surface area contributed by atoms with E-state index in [0.29, 0.717) is 17.3 Å². The van der Waals surface area contributed by atoms with Crippen molar-refractivity contribution in [2.75, 3.05) is 11.9 Å². The zero-order valence-electron chi connectivity index (χ0n) is 20.1. The molecule has 0 aliphatic heterocycles. The monoisotopic (exact) mass is 484 g/mol. The van der Waals surface area contributed by atoms with Crippen molar-refractivity contribution in [3.05, 3.63) is 90.0 Å². The van der Waals surface area contributed by atoms with Gasteiger partial charge >= 0.3 is 5.97 Å². The van der Waals surface area contributed by atoms with Gasteiger partial charge in [0, 0.05) is 28.9 Å². The predicted molar refractivity (Wildman–Crippen MR) is 137 cm³/mol. The van der Waals surface area contributed by atoms with Gasteiger partial charge in [-0.05, 0) is 60.0 Å². The van der Waals surface area contributed by atoms with E-state index in [4.69, 9.17) is 9.63 Å². The predicted octanol–water partition coefficient (Wildman–Crippen LogP) is 5.42. The maximum Gasteiger partial charge on any atom is 0.305 e. The molecule has 184 valence electrons. The summed E-state index contributed by atoms with van der Waals surface area (Å²) in [4.78, 5) is 27.4. The van der Waals surface area contributed by atoms with Gasteiger partial charge in [-0.1, -0.05) is 49.3 Å². The number of rotatable bonds is 10. The molecule has 1 amide bonds. The number of carboxylic acids is 1. The number of carbonyl (C=O) groups is 2. The highest BCUT2D eigenvalue weighted by Gasteiger charge is 2.17. The van der Waals surface area contributed by atoms with Crippen LogP contribution in [-0.2, 0) is 4.79 Å². The van der Waals surface area contributed by atoms with Gasteiger partial charge in [-0.15, -0.1) is 0 Å². The minimum absolute atomic E-state index is 0.0230. The highest BCUT2D eigenvalue weighted by Crippen LogP contribution is 2.29. The summed E-state index contributed by atoms with van der Waals surface area (Å²) in [5.41, 5.74) is 4.21. The summed E-state index contributed by atoms with van der Waals surface area (Å²) >= 11 is 0. The maximum atomic E-state index is 12.2.